The lowest BCUT2D eigenvalue weighted by atomic mass is 9.91. The van der Waals surface area contributed by atoms with E-state index in [0.717, 1.165) is 16.0 Å². The topological polar surface area (TPSA) is 88.2 Å². The maximum absolute atomic E-state index is 13.1. The standard InChI is InChI=1S/C22H23N3O5/c1-14-4-6-15(7-5-14)11-24(3)19(26)12-25-20(27)22(2,23-21(25)28)16-8-9-17-18(10-16)30-13-29-17/h4-10H,11-13H2,1-3H3,(H,23,28)/t22-/m1/s1. The van der Waals surface area contributed by atoms with Crippen LogP contribution in [0.2, 0.25) is 0 Å². The Kier molecular flexibility index (Phi) is 4.85. The fourth-order valence-electron chi connectivity index (χ4n) is 3.56. The summed E-state index contributed by atoms with van der Waals surface area (Å²) in [4.78, 5) is 40.8. The van der Waals surface area contributed by atoms with E-state index in [2.05, 4.69) is 5.32 Å². The number of hydrogen-bond donors (Lipinski definition) is 1. The van der Waals surface area contributed by atoms with Crippen molar-refractivity contribution in [3.8, 4) is 11.5 Å². The van der Waals surface area contributed by atoms with Gasteiger partial charge in [0.1, 0.15) is 12.1 Å². The second-order valence-corrected chi connectivity index (χ2v) is 7.75. The molecule has 8 heteroatoms. The first kappa shape index (κ1) is 19.8. The van der Waals surface area contributed by atoms with Gasteiger partial charge in [0.2, 0.25) is 12.7 Å². The number of carbonyl (C=O) groups is 3. The van der Waals surface area contributed by atoms with Gasteiger partial charge in [0.15, 0.2) is 11.5 Å². The number of imide groups is 1. The zero-order chi connectivity index (χ0) is 21.5. The summed E-state index contributed by atoms with van der Waals surface area (Å²) in [6.07, 6.45) is 0. The summed E-state index contributed by atoms with van der Waals surface area (Å²) >= 11 is 0. The molecule has 0 bridgehead atoms. The number of amides is 4. The van der Waals surface area contributed by atoms with Gasteiger partial charge in [0, 0.05) is 13.6 Å². The van der Waals surface area contributed by atoms with Crippen LogP contribution in [0.15, 0.2) is 42.5 Å². The van der Waals surface area contributed by atoms with E-state index in [9.17, 15) is 14.4 Å². The number of rotatable bonds is 5. The van der Waals surface area contributed by atoms with Crippen LogP contribution in [0.25, 0.3) is 0 Å². The summed E-state index contributed by atoms with van der Waals surface area (Å²) in [5, 5.41) is 2.71. The van der Waals surface area contributed by atoms with Gasteiger partial charge < -0.3 is 19.7 Å². The van der Waals surface area contributed by atoms with E-state index < -0.39 is 17.5 Å². The van der Waals surface area contributed by atoms with Crippen LogP contribution in [0.3, 0.4) is 0 Å². The quantitative estimate of drug-likeness (QED) is 0.765. The normalized spacial score (nSPS) is 19.8. The molecular formula is C22H23N3O5. The van der Waals surface area contributed by atoms with Gasteiger partial charge >= 0.3 is 6.03 Å². The van der Waals surface area contributed by atoms with Crippen molar-refractivity contribution in [2.45, 2.75) is 25.9 Å². The summed E-state index contributed by atoms with van der Waals surface area (Å²) in [6.45, 7) is 3.79. The molecule has 156 valence electrons. The third-order valence-corrected chi connectivity index (χ3v) is 5.48. The van der Waals surface area contributed by atoms with Crippen molar-refractivity contribution in [1.82, 2.24) is 15.1 Å². The number of fused-ring (bicyclic) bond motifs is 1. The van der Waals surface area contributed by atoms with E-state index in [4.69, 9.17) is 9.47 Å². The van der Waals surface area contributed by atoms with Crippen LogP contribution < -0.4 is 14.8 Å². The molecule has 0 aromatic heterocycles. The van der Waals surface area contributed by atoms with Gasteiger partial charge in [-0.1, -0.05) is 35.9 Å². The van der Waals surface area contributed by atoms with E-state index in [-0.39, 0.29) is 19.2 Å². The first-order valence-electron chi connectivity index (χ1n) is 9.61. The number of benzene rings is 2. The van der Waals surface area contributed by atoms with Gasteiger partial charge in [0.05, 0.1) is 0 Å². The second-order valence-electron chi connectivity index (χ2n) is 7.75. The van der Waals surface area contributed by atoms with E-state index in [1.807, 2.05) is 31.2 Å². The highest BCUT2D eigenvalue weighted by atomic mass is 16.7. The van der Waals surface area contributed by atoms with Crippen molar-refractivity contribution in [3.63, 3.8) is 0 Å². The monoisotopic (exact) mass is 409 g/mol. The molecular weight excluding hydrogens is 386 g/mol. The lowest BCUT2D eigenvalue weighted by Gasteiger charge is -2.23. The molecule has 1 N–H and O–H groups in total. The van der Waals surface area contributed by atoms with Crippen molar-refractivity contribution in [2.24, 2.45) is 0 Å². The number of aryl methyl sites for hydroxylation is 1. The third-order valence-electron chi connectivity index (χ3n) is 5.48. The van der Waals surface area contributed by atoms with Crippen LogP contribution in [-0.2, 0) is 21.7 Å². The van der Waals surface area contributed by atoms with Crippen LogP contribution >= 0.6 is 0 Å². The molecule has 1 atom stereocenters. The molecule has 2 aromatic rings. The van der Waals surface area contributed by atoms with Crippen LogP contribution in [-0.4, -0.2) is 48.0 Å². The summed E-state index contributed by atoms with van der Waals surface area (Å²) in [5.41, 5.74) is 1.38. The van der Waals surface area contributed by atoms with Crippen molar-refractivity contribution >= 4 is 17.8 Å². The molecule has 0 radical (unpaired) electrons. The highest BCUT2D eigenvalue weighted by Crippen LogP contribution is 2.37. The average molecular weight is 409 g/mol. The molecule has 0 unspecified atom stereocenters. The molecule has 2 aromatic carbocycles. The van der Waals surface area contributed by atoms with E-state index in [1.165, 1.54) is 4.90 Å². The Bertz CT molecular complexity index is 1020. The predicted molar refractivity (Wildman–Crippen MR) is 108 cm³/mol. The number of nitrogens with one attached hydrogen (secondary N) is 1. The minimum atomic E-state index is -1.28. The Labute approximate surface area is 174 Å². The first-order chi connectivity index (χ1) is 14.3. The largest absolute Gasteiger partial charge is 0.454 e. The van der Waals surface area contributed by atoms with Gasteiger partial charge in [0.25, 0.3) is 5.91 Å². The summed E-state index contributed by atoms with van der Waals surface area (Å²) < 4.78 is 10.7. The lowest BCUT2D eigenvalue weighted by Crippen LogP contribution is -2.43. The molecule has 0 aliphatic carbocycles. The fourth-order valence-corrected chi connectivity index (χ4v) is 3.56. The number of carbonyl (C=O) groups excluding carboxylic acids is 3. The average Bonchev–Trinajstić information content (AvgIpc) is 3.28. The zero-order valence-electron chi connectivity index (χ0n) is 17.1. The zero-order valence-corrected chi connectivity index (χ0v) is 17.1. The summed E-state index contributed by atoms with van der Waals surface area (Å²) in [5.74, 6) is 0.296. The first-order valence-corrected chi connectivity index (χ1v) is 9.61. The summed E-state index contributed by atoms with van der Waals surface area (Å²) in [7, 11) is 1.65. The highest BCUT2D eigenvalue weighted by Gasteiger charge is 2.50. The van der Waals surface area contributed by atoms with Gasteiger partial charge in [-0.25, -0.2) is 4.79 Å². The fraction of sp³-hybridized carbons (Fsp3) is 0.318. The molecule has 4 amide bonds. The van der Waals surface area contributed by atoms with Crippen LogP contribution in [0.1, 0.15) is 23.6 Å². The number of hydrogen-bond acceptors (Lipinski definition) is 5. The van der Waals surface area contributed by atoms with Crippen molar-refractivity contribution < 1.29 is 23.9 Å². The Morgan fingerprint density at radius 2 is 1.83 bits per heavy atom. The lowest BCUT2D eigenvalue weighted by molar-refractivity contribution is -0.138. The van der Waals surface area contributed by atoms with Crippen LogP contribution in [0.5, 0.6) is 11.5 Å². The molecule has 2 aliphatic rings. The smallest absolute Gasteiger partial charge is 0.325 e. The van der Waals surface area contributed by atoms with E-state index in [0.29, 0.717) is 23.6 Å². The van der Waals surface area contributed by atoms with Gasteiger partial charge in [-0.2, -0.15) is 0 Å². The van der Waals surface area contributed by atoms with E-state index >= 15 is 0 Å². The van der Waals surface area contributed by atoms with Crippen molar-refractivity contribution in [2.75, 3.05) is 20.4 Å². The SMILES string of the molecule is Cc1ccc(CN(C)C(=O)CN2C(=O)N[C@](C)(c3ccc4c(c3)OCO4)C2=O)cc1. The van der Waals surface area contributed by atoms with Crippen molar-refractivity contribution in [3.05, 3.63) is 59.2 Å². The van der Waals surface area contributed by atoms with Crippen LogP contribution in [0.4, 0.5) is 4.79 Å². The van der Waals surface area contributed by atoms with Gasteiger partial charge in [-0.05, 0) is 37.1 Å². The minimum absolute atomic E-state index is 0.115. The number of urea groups is 1. The highest BCUT2D eigenvalue weighted by molar-refractivity contribution is 6.09. The Morgan fingerprint density at radius 1 is 1.13 bits per heavy atom. The molecule has 1 saturated heterocycles. The van der Waals surface area contributed by atoms with E-state index in [1.54, 1.807) is 32.2 Å². The summed E-state index contributed by atoms with van der Waals surface area (Å²) in [6, 6.07) is 12.3. The minimum Gasteiger partial charge on any atom is -0.454 e. The molecule has 30 heavy (non-hydrogen) atoms. The van der Waals surface area contributed by atoms with Crippen LogP contribution in [0, 0.1) is 6.92 Å². The number of nitrogens with zero attached hydrogens (tertiary/aromatic N) is 2. The molecule has 2 aliphatic heterocycles. The Hall–Kier alpha value is -3.55. The molecule has 2 heterocycles. The molecule has 0 spiro atoms. The Balaban J connectivity index is 1.47. The maximum Gasteiger partial charge on any atom is 0.325 e. The molecule has 8 nitrogen and oxygen atoms in total. The second kappa shape index (κ2) is 7.37. The Morgan fingerprint density at radius 3 is 2.57 bits per heavy atom. The number of likely N-dealkylation sites (N-methyl/N-ethyl adjacent to an activating group) is 1. The molecule has 4 rings (SSSR count). The maximum atomic E-state index is 13.1. The predicted octanol–water partition coefficient (Wildman–Crippen LogP) is 2.15. The van der Waals surface area contributed by atoms with Gasteiger partial charge in [-0.15, -0.1) is 0 Å². The molecule has 0 saturated carbocycles. The van der Waals surface area contributed by atoms with Gasteiger partial charge in [-0.3, -0.25) is 14.5 Å². The number of ether oxygens (including phenoxy) is 2. The molecule has 1 fully saturated rings. The van der Waals surface area contributed by atoms with Crippen molar-refractivity contribution in [1.29, 1.82) is 0 Å². The third kappa shape index (κ3) is 3.45.